The van der Waals surface area contributed by atoms with Crippen LogP contribution >= 0.6 is 11.5 Å². The van der Waals surface area contributed by atoms with E-state index in [9.17, 15) is 0 Å². The number of rotatable bonds is 5. The van der Waals surface area contributed by atoms with Crippen LogP contribution in [0.15, 0.2) is 12.4 Å². The van der Waals surface area contributed by atoms with Crippen molar-refractivity contribution < 1.29 is 4.74 Å². The highest BCUT2D eigenvalue weighted by molar-refractivity contribution is 7.10. The lowest BCUT2D eigenvalue weighted by Crippen LogP contribution is -2.03. The van der Waals surface area contributed by atoms with Crippen LogP contribution in [-0.2, 0) is 11.3 Å². The van der Waals surface area contributed by atoms with Gasteiger partial charge in [-0.25, -0.2) is 0 Å². The summed E-state index contributed by atoms with van der Waals surface area (Å²) in [5.74, 6) is 0. The molecule has 0 saturated heterocycles. The van der Waals surface area contributed by atoms with Gasteiger partial charge in [-0.05, 0) is 18.5 Å². The SMILES string of the molecule is COCCn1cc(Nc2snc(C)c2C#N)cn1. The second-order valence-corrected chi connectivity index (χ2v) is 4.47. The number of nitrogens with one attached hydrogen (secondary N) is 1. The summed E-state index contributed by atoms with van der Waals surface area (Å²) in [6.07, 6.45) is 3.58. The molecule has 0 aromatic carbocycles. The van der Waals surface area contributed by atoms with Crippen molar-refractivity contribution in [1.82, 2.24) is 14.2 Å². The van der Waals surface area contributed by atoms with Gasteiger partial charge < -0.3 is 10.1 Å². The molecule has 2 aromatic heterocycles. The van der Waals surface area contributed by atoms with Crippen molar-refractivity contribution in [3.63, 3.8) is 0 Å². The van der Waals surface area contributed by atoms with Gasteiger partial charge in [-0.3, -0.25) is 4.68 Å². The molecule has 18 heavy (non-hydrogen) atoms. The molecular formula is C11H13N5OS. The Labute approximate surface area is 109 Å². The van der Waals surface area contributed by atoms with Crippen molar-refractivity contribution in [3.05, 3.63) is 23.7 Å². The van der Waals surface area contributed by atoms with Crippen LogP contribution in [-0.4, -0.2) is 27.9 Å². The van der Waals surface area contributed by atoms with Crippen LogP contribution in [0, 0.1) is 18.3 Å². The van der Waals surface area contributed by atoms with Gasteiger partial charge in [-0.2, -0.15) is 14.7 Å². The van der Waals surface area contributed by atoms with Crippen molar-refractivity contribution in [2.24, 2.45) is 0 Å². The molecule has 2 rings (SSSR count). The maximum Gasteiger partial charge on any atom is 0.132 e. The molecule has 0 aliphatic carbocycles. The summed E-state index contributed by atoms with van der Waals surface area (Å²) in [7, 11) is 1.65. The zero-order chi connectivity index (χ0) is 13.0. The van der Waals surface area contributed by atoms with Crippen molar-refractivity contribution in [1.29, 1.82) is 5.26 Å². The summed E-state index contributed by atoms with van der Waals surface area (Å²) in [6, 6.07) is 2.14. The number of methoxy groups -OCH3 is 1. The standard InChI is InChI=1S/C11H13N5OS/c1-8-10(5-12)11(18-15-8)14-9-6-13-16(7-9)3-4-17-2/h6-7,14H,3-4H2,1-2H3. The Morgan fingerprint density at radius 2 is 2.44 bits per heavy atom. The van der Waals surface area contributed by atoms with Gasteiger partial charge in [0.2, 0.25) is 0 Å². The number of anilines is 2. The van der Waals surface area contributed by atoms with Crippen molar-refractivity contribution in [2.75, 3.05) is 19.0 Å². The first-order valence-corrected chi connectivity index (χ1v) is 6.16. The third kappa shape index (κ3) is 2.67. The fraction of sp³-hybridized carbons (Fsp3) is 0.364. The summed E-state index contributed by atoms with van der Waals surface area (Å²) in [5.41, 5.74) is 2.17. The molecule has 0 bridgehead atoms. The molecule has 0 amide bonds. The molecule has 0 aliphatic heterocycles. The molecule has 0 radical (unpaired) electrons. The van der Waals surface area contributed by atoms with Crippen LogP contribution in [0.2, 0.25) is 0 Å². The van der Waals surface area contributed by atoms with E-state index in [0.29, 0.717) is 18.7 Å². The topological polar surface area (TPSA) is 75.8 Å². The lowest BCUT2D eigenvalue weighted by atomic mass is 10.3. The monoisotopic (exact) mass is 263 g/mol. The van der Waals surface area contributed by atoms with E-state index in [1.165, 1.54) is 11.5 Å². The molecule has 0 aliphatic rings. The highest BCUT2D eigenvalue weighted by atomic mass is 32.1. The Kier molecular flexibility index (Phi) is 3.92. The van der Waals surface area contributed by atoms with Crippen molar-refractivity contribution in [2.45, 2.75) is 13.5 Å². The predicted molar refractivity (Wildman–Crippen MR) is 69.0 cm³/mol. The van der Waals surface area contributed by atoms with Crippen LogP contribution in [0.3, 0.4) is 0 Å². The first-order chi connectivity index (χ1) is 8.74. The first-order valence-electron chi connectivity index (χ1n) is 5.39. The number of hydrogen-bond donors (Lipinski definition) is 1. The summed E-state index contributed by atoms with van der Waals surface area (Å²) >= 11 is 1.28. The minimum absolute atomic E-state index is 0.588. The molecule has 0 unspecified atom stereocenters. The van der Waals surface area contributed by atoms with E-state index >= 15 is 0 Å². The fourth-order valence-electron chi connectivity index (χ4n) is 1.45. The Balaban J connectivity index is 2.09. The molecule has 1 N–H and O–H groups in total. The number of aryl methyl sites for hydroxylation is 1. The highest BCUT2D eigenvalue weighted by Gasteiger charge is 2.10. The van der Waals surface area contributed by atoms with Crippen LogP contribution < -0.4 is 5.32 Å². The highest BCUT2D eigenvalue weighted by Crippen LogP contribution is 2.26. The van der Waals surface area contributed by atoms with Crippen molar-refractivity contribution in [3.8, 4) is 6.07 Å². The number of aromatic nitrogens is 3. The zero-order valence-corrected chi connectivity index (χ0v) is 11.0. The molecule has 0 atom stereocenters. The van der Waals surface area contributed by atoms with Crippen LogP contribution in [0.5, 0.6) is 0 Å². The second kappa shape index (κ2) is 5.62. The van der Waals surface area contributed by atoms with E-state index in [1.807, 2.05) is 13.1 Å². The summed E-state index contributed by atoms with van der Waals surface area (Å²) < 4.78 is 10.9. The van der Waals surface area contributed by atoms with Gasteiger partial charge in [0.05, 0.1) is 30.7 Å². The first kappa shape index (κ1) is 12.5. The fourth-order valence-corrected chi connectivity index (χ4v) is 2.22. The normalized spacial score (nSPS) is 10.3. The zero-order valence-electron chi connectivity index (χ0n) is 10.2. The van der Waals surface area contributed by atoms with Gasteiger partial charge in [-0.1, -0.05) is 0 Å². The van der Waals surface area contributed by atoms with E-state index < -0.39 is 0 Å². The maximum atomic E-state index is 9.03. The molecule has 6 nitrogen and oxygen atoms in total. The molecule has 94 valence electrons. The molecule has 0 saturated carbocycles. The Morgan fingerprint density at radius 1 is 1.61 bits per heavy atom. The summed E-state index contributed by atoms with van der Waals surface area (Å²) in [6.45, 7) is 3.14. The Morgan fingerprint density at radius 3 is 3.17 bits per heavy atom. The Bertz CT molecular complexity index is 568. The number of nitriles is 1. The summed E-state index contributed by atoms with van der Waals surface area (Å²) in [5, 5.41) is 17.1. The van der Waals surface area contributed by atoms with Crippen LogP contribution in [0.4, 0.5) is 10.7 Å². The molecule has 7 heteroatoms. The number of ether oxygens (including phenoxy) is 1. The summed E-state index contributed by atoms with van der Waals surface area (Å²) in [4.78, 5) is 0. The van der Waals surface area contributed by atoms with E-state index in [0.717, 1.165) is 16.4 Å². The van der Waals surface area contributed by atoms with E-state index in [1.54, 1.807) is 18.0 Å². The maximum absolute atomic E-state index is 9.03. The molecule has 0 fully saturated rings. The lowest BCUT2D eigenvalue weighted by molar-refractivity contribution is 0.183. The molecule has 2 aromatic rings. The van der Waals surface area contributed by atoms with E-state index in [-0.39, 0.29) is 0 Å². The molecular weight excluding hydrogens is 250 g/mol. The average molecular weight is 263 g/mol. The molecule has 0 spiro atoms. The number of hydrogen-bond acceptors (Lipinski definition) is 6. The largest absolute Gasteiger partial charge is 0.383 e. The minimum atomic E-state index is 0.588. The van der Waals surface area contributed by atoms with Gasteiger partial charge in [0.1, 0.15) is 16.6 Å². The quantitative estimate of drug-likeness (QED) is 0.891. The minimum Gasteiger partial charge on any atom is -0.383 e. The predicted octanol–water partition coefficient (Wildman–Crippen LogP) is 1.91. The third-order valence-corrected chi connectivity index (χ3v) is 3.24. The number of nitrogens with zero attached hydrogens (tertiary/aromatic N) is 4. The van der Waals surface area contributed by atoms with Gasteiger partial charge >= 0.3 is 0 Å². The Hall–Kier alpha value is -1.91. The van der Waals surface area contributed by atoms with Gasteiger partial charge in [-0.15, -0.1) is 0 Å². The van der Waals surface area contributed by atoms with E-state index in [4.69, 9.17) is 10.00 Å². The smallest absolute Gasteiger partial charge is 0.132 e. The second-order valence-electron chi connectivity index (χ2n) is 3.69. The third-order valence-electron chi connectivity index (χ3n) is 2.39. The van der Waals surface area contributed by atoms with Crippen molar-refractivity contribution >= 4 is 22.2 Å². The van der Waals surface area contributed by atoms with Crippen LogP contribution in [0.25, 0.3) is 0 Å². The van der Waals surface area contributed by atoms with Gasteiger partial charge in [0.15, 0.2) is 0 Å². The van der Waals surface area contributed by atoms with Gasteiger partial charge in [0, 0.05) is 13.3 Å². The van der Waals surface area contributed by atoms with E-state index in [2.05, 4.69) is 20.9 Å². The molecule has 2 heterocycles. The lowest BCUT2D eigenvalue weighted by Gasteiger charge is -2.00. The van der Waals surface area contributed by atoms with Crippen LogP contribution in [0.1, 0.15) is 11.3 Å². The van der Waals surface area contributed by atoms with Gasteiger partial charge in [0.25, 0.3) is 0 Å². The average Bonchev–Trinajstić information content (AvgIpc) is 2.95.